The molecule has 0 bridgehead atoms. The molecule has 0 aliphatic heterocycles. The Morgan fingerprint density at radius 1 is 1.55 bits per heavy atom. The maximum atomic E-state index is 5.58. The normalized spacial score (nSPS) is 31.3. The lowest BCUT2D eigenvalue weighted by Crippen LogP contribution is -1.94. The first kappa shape index (κ1) is 5.58. The molecule has 0 radical (unpaired) electrons. The summed E-state index contributed by atoms with van der Waals surface area (Å²) in [6, 6.07) is 2.03. The second-order valence-corrected chi connectivity index (χ2v) is 3.61. The first-order valence-electron chi connectivity index (χ1n) is 4.09. The highest BCUT2D eigenvalue weighted by Gasteiger charge is 2.45. The van der Waals surface area contributed by atoms with E-state index in [4.69, 9.17) is 5.73 Å². The average Bonchev–Trinajstić information content (AvgIpc) is 2.63. The average molecular weight is 146 g/mol. The fraction of sp³-hybridized carbons (Fsp3) is 0.444. The quantitative estimate of drug-likeness (QED) is 0.599. The molecule has 56 valence electrons. The van der Waals surface area contributed by atoms with Crippen LogP contribution in [0.2, 0.25) is 0 Å². The Bertz CT molecular complexity index is 319. The van der Waals surface area contributed by atoms with Crippen molar-refractivity contribution in [1.29, 1.82) is 0 Å². The Hall–Kier alpha value is -1.05. The standard InChI is InChI=1S/C9H10N2/c10-9-3-6-1-5-2-7(5)8(6)4-11-9/h3-5,7H,1-2H2,(H2,10,11). The number of rotatable bonds is 0. The van der Waals surface area contributed by atoms with Crippen LogP contribution in [0, 0.1) is 5.92 Å². The number of pyridine rings is 1. The molecule has 2 N–H and O–H groups in total. The van der Waals surface area contributed by atoms with Gasteiger partial charge in [0.1, 0.15) is 5.82 Å². The highest BCUT2D eigenvalue weighted by Crippen LogP contribution is 2.55. The molecule has 1 aromatic rings. The largest absolute Gasteiger partial charge is 0.384 e. The summed E-state index contributed by atoms with van der Waals surface area (Å²) < 4.78 is 0. The second-order valence-electron chi connectivity index (χ2n) is 3.61. The van der Waals surface area contributed by atoms with Gasteiger partial charge in [-0.1, -0.05) is 0 Å². The lowest BCUT2D eigenvalue weighted by atomic mass is 10.1. The van der Waals surface area contributed by atoms with Crippen LogP contribution in [0.3, 0.4) is 0 Å². The summed E-state index contributed by atoms with van der Waals surface area (Å²) in [6.07, 6.45) is 4.59. The van der Waals surface area contributed by atoms with E-state index in [1.165, 1.54) is 24.0 Å². The molecule has 0 amide bonds. The molecule has 1 fully saturated rings. The van der Waals surface area contributed by atoms with Crippen LogP contribution in [-0.2, 0) is 6.42 Å². The molecular weight excluding hydrogens is 136 g/mol. The number of nitrogen functional groups attached to an aromatic ring is 1. The molecule has 2 nitrogen and oxygen atoms in total. The maximum Gasteiger partial charge on any atom is 0.123 e. The van der Waals surface area contributed by atoms with Gasteiger partial charge < -0.3 is 5.73 Å². The summed E-state index contributed by atoms with van der Waals surface area (Å²) in [5.41, 5.74) is 8.49. The van der Waals surface area contributed by atoms with Crippen LogP contribution < -0.4 is 5.73 Å². The number of anilines is 1. The van der Waals surface area contributed by atoms with Gasteiger partial charge in [0, 0.05) is 6.20 Å². The zero-order chi connectivity index (χ0) is 7.42. The Kier molecular flexibility index (Phi) is 0.799. The molecule has 2 heteroatoms. The number of aromatic nitrogens is 1. The molecule has 3 rings (SSSR count). The van der Waals surface area contributed by atoms with Gasteiger partial charge >= 0.3 is 0 Å². The van der Waals surface area contributed by atoms with Crippen molar-refractivity contribution in [2.75, 3.05) is 5.73 Å². The fourth-order valence-corrected chi connectivity index (χ4v) is 2.17. The molecule has 1 heterocycles. The third-order valence-corrected chi connectivity index (χ3v) is 2.85. The van der Waals surface area contributed by atoms with E-state index in [-0.39, 0.29) is 0 Å². The Morgan fingerprint density at radius 3 is 3.36 bits per heavy atom. The van der Waals surface area contributed by atoms with Crippen molar-refractivity contribution >= 4 is 5.82 Å². The summed E-state index contributed by atoms with van der Waals surface area (Å²) in [7, 11) is 0. The molecule has 2 aliphatic rings. The van der Waals surface area contributed by atoms with Crippen LogP contribution in [0.1, 0.15) is 23.5 Å². The number of hydrogen-bond acceptors (Lipinski definition) is 2. The summed E-state index contributed by atoms with van der Waals surface area (Å²) in [5.74, 6) is 2.46. The zero-order valence-corrected chi connectivity index (χ0v) is 6.25. The number of hydrogen-bond donors (Lipinski definition) is 1. The van der Waals surface area contributed by atoms with Crippen LogP contribution in [0.5, 0.6) is 0 Å². The van der Waals surface area contributed by atoms with E-state index in [1.54, 1.807) is 0 Å². The first-order chi connectivity index (χ1) is 5.34. The molecule has 0 aromatic carbocycles. The van der Waals surface area contributed by atoms with Crippen molar-refractivity contribution in [1.82, 2.24) is 4.98 Å². The van der Waals surface area contributed by atoms with Crippen molar-refractivity contribution in [3.05, 3.63) is 23.4 Å². The summed E-state index contributed by atoms with van der Waals surface area (Å²) in [6.45, 7) is 0. The third kappa shape index (κ3) is 0.642. The molecule has 11 heavy (non-hydrogen) atoms. The number of fused-ring (bicyclic) bond motifs is 3. The van der Waals surface area contributed by atoms with Gasteiger partial charge in [-0.25, -0.2) is 4.98 Å². The predicted octanol–water partition coefficient (Wildman–Crippen LogP) is 1.32. The van der Waals surface area contributed by atoms with Crippen LogP contribution in [-0.4, -0.2) is 4.98 Å². The third-order valence-electron chi connectivity index (χ3n) is 2.85. The van der Waals surface area contributed by atoms with Crippen molar-refractivity contribution < 1.29 is 0 Å². The van der Waals surface area contributed by atoms with Gasteiger partial charge in [0.2, 0.25) is 0 Å². The van der Waals surface area contributed by atoms with Crippen LogP contribution in [0.25, 0.3) is 0 Å². The van der Waals surface area contributed by atoms with Crippen molar-refractivity contribution in [3.63, 3.8) is 0 Å². The Labute approximate surface area is 65.4 Å². The van der Waals surface area contributed by atoms with Crippen molar-refractivity contribution in [2.24, 2.45) is 5.92 Å². The summed E-state index contributed by atoms with van der Waals surface area (Å²) >= 11 is 0. The monoisotopic (exact) mass is 146 g/mol. The molecule has 1 saturated carbocycles. The SMILES string of the molecule is Nc1cc2c(cn1)C1CC1C2. The maximum absolute atomic E-state index is 5.58. The van der Waals surface area contributed by atoms with Gasteiger partial charge in [-0.15, -0.1) is 0 Å². The molecule has 2 aliphatic carbocycles. The topological polar surface area (TPSA) is 38.9 Å². The lowest BCUT2D eigenvalue weighted by Gasteiger charge is -2.01. The van der Waals surface area contributed by atoms with Crippen LogP contribution in [0.15, 0.2) is 12.3 Å². The van der Waals surface area contributed by atoms with Crippen LogP contribution in [0.4, 0.5) is 5.82 Å². The predicted molar refractivity (Wildman–Crippen MR) is 43.2 cm³/mol. The van der Waals surface area contributed by atoms with E-state index in [1.807, 2.05) is 12.3 Å². The van der Waals surface area contributed by atoms with Crippen molar-refractivity contribution in [2.45, 2.75) is 18.8 Å². The van der Waals surface area contributed by atoms with E-state index in [0.29, 0.717) is 5.82 Å². The van der Waals surface area contributed by atoms with Gasteiger partial charge in [0.05, 0.1) is 0 Å². The van der Waals surface area contributed by atoms with Crippen LogP contribution >= 0.6 is 0 Å². The molecular formula is C9H10N2. The Balaban J connectivity index is 2.18. The first-order valence-corrected chi connectivity index (χ1v) is 4.09. The second kappa shape index (κ2) is 1.58. The molecule has 2 atom stereocenters. The fourth-order valence-electron chi connectivity index (χ4n) is 2.17. The van der Waals surface area contributed by atoms with E-state index in [2.05, 4.69) is 4.98 Å². The zero-order valence-electron chi connectivity index (χ0n) is 6.25. The minimum absolute atomic E-state index is 0.671. The van der Waals surface area contributed by atoms with Crippen molar-refractivity contribution in [3.8, 4) is 0 Å². The molecule has 1 aromatic heterocycles. The van der Waals surface area contributed by atoms with Gasteiger partial charge in [-0.3, -0.25) is 0 Å². The highest BCUT2D eigenvalue weighted by molar-refractivity contribution is 5.45. The van der Waals surface area contributed by atoms with E-state index in [0.717, 1.165) is 11.8 Å². The van der Waals surface area contributed by atoms with Gasteiger partial charge in [0.15, 0.2) is 0 Å². The number of nitrogens with zero attached hydrogens (tertiary/aromatic N) is 1. The molecule has 2 unspecified atom stereocenters. The minimum atomic E-state index is 0.671. The van der Waals surface area contributed by atoms with E-state index < -0.39 is 0 Å². The van der Waals surface area contributed by atoms with E-state index >= 15 is 0 Å². The lowest BCUT2D eigenvalue weighted by molar-refractivity contribution is 0.857. The summed E-state index contributed by atoms with van der Waals surface area (Å²) in [5, 5.41) is 0. The highest BCUT2D eigenvalue weighted by atomic mass is 14.8. The van der Waals surface area contributed by atoms with Gasteiger partial charge in [-0.05, 0) is 41.9 Å². The van der Waals surface area contributed by atoms with Gasteiger partial charge in [0.25, 0.3) is 0 Å². The van der Waals surface area contributed by atoms with E-state index in [9.17, 15) is 0 Å². The van der Waals surface area contributed by atoms with Gasteiger partial charge in [-0.2, -0.15) is 0 Å². The smallest absolute Gasteiger partial charge is 0.123 e. The number of nitrogens with two attached hydrogens (primary N) is 1. The molecule has 0 saturated heterocycles. The Morgan fingerprint density at radius 2 is 2.45 bits per heavy atom. The molecule has 0 spiro atoms. The summed E-state index contributed by atoms with van der Waals surface area (Å²) in [4.78, 5) is 4.11. The minimum Gasteiger partial charge on any atom is -0.384 e.